The zero-order valence-electron chi connectivity index (χ0n) is 17.2. The van der Waals surface area contributed by atoms with E-state index in [0.29, 0.717) is 31.2 Å². The van der Waals surface area contributed by atoms with E-state index in [4.69, 9.17) is 9.72 Å². The number of unbranched alkanes of at least 4 members (excludes halogenated alkanes) is 1. The number of hydrogen-bond donors (Lipinski definition) is 0. The van der Waals surface area contributed by atoms with E-state index < -0.39 is 10.0 Å². The van der Waals surface area contributed by atoms with Crippen LogP contribution in [0.15, 0.2) is 23.1 Å². The summed E-state index contributed by atoms with van der Waals surface area (Å²) in [4.78, 5) is 7.41. The van der Waals surface area contributed by atoms with Crippen LogP contribution in [0.2, 0.25) is 0 Å². The lowest BCUT2D eigenvalue weighted by atomic mass is 10.3. The number of aromatic nitrogens is 2. The van der Waals surface area contributed by atoms with E-state index in [1.807, 2.05) is 6.07 Å². The molecule has 2 heterocycles. The second-order valence-corrected chi connectivity index (χ2v) is 9.38. The van der Waals surface area contributed by atoms with E-state index in [-0.39, 0.29) is 0 Å². The molecule has 1 aromatic heterocycles. The summed E-state index contributed by atoms with van der Waals surface area (Å²) in [7, 11) is -1.40. The first-order chi connectivity index (χ1) is 13.5. The molecule has 2 aromatic rings. The van der Waals surface area contributed by atoms with Gasteiger partial charge < -0.3 is 9.30 Å². The molecule has 1 aromatic carbocycles. The van der Waals surface area contributed by atoms with Gasteiger partial charge in [0.2, 0.25) is 10.0 Å². The normalized spacial score (nSPS) is 16.3. The van der Waals surface area contributed by atoms with Gasteiger partial charge in [0.25, 0.3) is 0 Å². The summed E-state index contributed by atoms with van der Waals surface area (Å²) in [5.74, 6) is 0.997. The van der Waals surface area contributed by atoms with Crippen molar-refractivity contribution in [1.82, 2.24) is 18.8 Å². The number of nitrogens with zero attached hydrogens (tertiary/aromatic N) is 4. The standard InChI is InChI=1S/C20H32N4O3S/c1-4-6-10-22(3)16-20-21-18-15-17(7-8-19(18)24(20)9-5-2)28(25,26)23-11-13-27-14-12-23/h7-8,15H,4-6,9-14,16H2,1-3H3. The largest absolute Gasteiger partial charge is 0.379 e. The van der Waals surface area contributed by atoms with Gasteiger partial charge in [0.1, 0.15) is 5.82 Å². The van der Waals surface area contributed by atoms with Crippen molar-refractivity contribution in [2.45, 2.75) is 51.1 Å². The molecule has 0 unspecified atom stereocenters. The summed E-state index contributed by atoms with van der Waals surface area (Å²) in [5, 5.41) is 0. The second kappa shape index (κ2) is 9.35. The van der Waals surface area contributed by atoms with Gasteiger partial charge in [-0.25, -0.2) is 13.4 Å². The Bertz CT molecular complexity index is 888. The maximum Gasteiger partial charge on any atom is 0.243 e. The number of sulfonamides is 1. The van der Waals surface area contributed by atoms with Crippen molar-refractivity contribution in [3.63, 3.8) is 0 Å². The monoisotopic (exact) mass is 408 g/mol. The highest BCUT2D eigenvalue weighted by Crippen LogP contribution is 2.24. The van der Waals surface area contributed by atoms with E-state index in [9.17, 15) is 8.42 Å². The number of aryl methyl sites for hydroxylation is 1. The molecule has 1 fully saturated rings. The van der Waals surface area contributed by atoms with Gasteiger partial charge in [0, 0.05) is 19.6 Å². The minimum Gasteiger partial charge on any atom is -0.379 e. The minimum atomic E-state index is -3.51. The molecule has 0 aliphatic carbocycles. The summed E-state index contributed by atoms with van der Waals surface area (Å²) < 4.78 is 35.0. The fourth-order valence-electron chi connectivity index (χ4n) is 3.60. The Morgan fingerprint density at radius 3 is 2.61 bits per heavy atom. The Labute approximate surface area is 168 Å². The number of ether oxygens (including phenoxy) is 1. The van der Waals surface area contributed by atoms with Crippen molar-refractivity contribution in [3.05, 3.63) is 24.0 Å². The summed E-state index contributed by atoms with van der Waals surface area (Å²) in [6, 6.07) is 5.34. The van der Waals surface area contributed by atoms with Crippen molar-refractivity contribution >= 4 is 21.1 Å². The van der Waals surface area contributed by atoms with Crippen molar-refractivity contribution in [1.29, 1.82) is 0 Å². The first-order valence-corrected chi connectivity index (χ1v) is 11.7. The molecule has 1 saturated heterocycles. The highest BCUT2D eigenvalue weighted by atomic mass is 32.2. The predicted octanol–water partition coefficient (Wildman–Crippen LogP) is 2.70. The predicted molar refractivity (Wildman–Crippen MR) is 111 cm³/mol. The van der Waals surface area contributed by atoms with Crippen LogP contribution in [-0.2, 0) is 27.8 Å². The SMILES string of the molecule is CCCCN(C)Cc1nc2cc(S(=O)(=O)N3CCOCC3)ccc2n1CCC. The van der Waals surface area contributed by atoms with Crippen molar-refractivity contribution in [2.75, 3.05) is 39.9 Å². The minimum absolute atomic E-state index is 0.314. The van der Waals surface area contributed by atoms with Crippen LogP contribution in [0.4, 0.5) is 0 Å². The lowest BCUT2D eigenvalue weighted by Gasteiger charge is -2.26. The Morgan fingerprint density at radius 2 is 1.93 bits per heavy atom. The van der Waals surface area contributed by atoms with Crippen LogP contribution in [0.3, 0.4) is 0 Å². The summed E-state index contributed by atoms with van der Waals surface area (Å²) >= 11 is 0. The topological polar surface area (TPSA) is 67.7 Å². The smallest absolute Gasteiger partial charge is 0.243 e. The van der Waals surface area contributed by atoms with Crippen LogP contribution < -0.4 is 0 Å². The summed E-state index contributed by atoms with van der Waals surface area (Å²) in [6.07, 6.45) is 3.33. The highest BCUT2D eigenvalue weighted by Gasteiger charge is 2.27. The molecule has 0 N–H and O–H groups in total. The van der Waals surface area contributed by atoms with E-state index in [2.05, 4.69) is 30.4 Å². The van der Waals surface area contributed by atoms with Gasteiger partial charge in [-0.1, -0.05) is 20.3 Å². The molecule has 7 nitrogen and oxygen atoms in total. The molecule has 156 valence electrons. The quantitative estimate of drug-likeness (QED) is 0.638. The molecular weight excluding hydrogens is 376 g/mol. The van der Waals surface area contributed by atoms with Crippen LogP contribution in [0.5, 0.6) is 0 Å². The average molecular weight is 409 g/mol. The fourth-order valence-corrected chi connectivity index (χ4v) is 5.03. The number of fused-ring (bicyclic) bond motifs is 1. The molecule has 0 amide bonds. The number of benzene rings is 1. The lowest BCUT2D eigenvalue weighted by Crippen LogP contribution is -2.40. The molecule has 1 aliphatic heterocycles. The van der Waals surface area contributed by atoms with Crippen molar-refractivity contribution in [3.8, 4) is 0 Å². The van der Waals surface area contributed by atoms with Crippen LogP contribution in [0.25, 0.3) is 11.0 Å². The molecule has 28 heavy (non-hydrogen) atoms. The molecule has 0 spiro atoms. The van der Waals surface area contributed by atoms with Gasteiger partial charge in [-0.3, -0.25) is 4.90 Å². The molecule has 0 atom stereocenters. The molecule has 0 saturated carbocycles. The molecule has 3 rings (SSSR count). The van der Waals surface area contributed by atoms with Crippen LogP contribution in [0.1, 0.15) is 38.9 Å². The van der Waals surface area contributed by atoms with Gasteiger partial charge in [-0.15, -0.1) is 0 Å². The van der Waals surface area contributed by atoms with Gasteiger partial charge in [-0.2, -0.15) is 4.31 Å². The van der Waals surface area contributed by atoms with E-state index in [1.165, 1.54) is 10.7 Å². The third kappa shape index (κ3) is 4.56. The molecule has 1 aliphatic rings. The van der Waals surface area contributed by atoms with Crippen LogP contribution >= 0.6 is 0 Å². The van der Waals surface area contributed by atoms with Crippen LogP contribution in [-0.4, -0.2) is 67.1 Å². The molecular formula is C20H32N4O3S. The first-order valence-electron chi connectivity index (χ1n) is 10.2. The number of imidazole rings is 1. The van der Waals surface area contributed by atoms with E-state index in [1.54, 1.807) is 12.1 Å². The van der Waals surface area contributed by atoms with E-state index in [0.717, 1.165) is 49.3 Å². The number of rotatable bonds is 9. The highest BCUT2D eigenvalue weighted by molar-refractivity contribution is 7.89. The Balaban J connectivity index is 1.93. The zero-order chi connectivity index (χ0) is 20.1. The molecule has 0 radical (unpaired) electrons. The number of morpholine rings is 1. The van der Waals surface area contributed by atoms with Gasteiger partial charge in [-0.05, 0) is 44.6 Å². The molecule has 0 bridgehead atoms. The van der Waals surface area contributed by atoms with Gasteiger partial charge >= 0.3 is 0 Å². The first kappa shape index (κ1) is 21.2. The Kier molecular flexibility index (Phi) is 7.09. The zero-order valence-corrected chi connectivity index (χ0v) is 18.0. The summed E-state index contributed by atoms with van der Waals surface area (Å²) in [5.41, 5.74) is 1.75. The average Bonchev–Trinajstić information content (AvgIpc) is 3.03. The van der Waals surface area contributed by atoms with Gasteiger partial charge in [0.15, 0.2) is 0 Å². The second-order valence-electron chi connectivity index (χ2n) is 7.44. The Morgan fingerprint density at radius 1 is 1.18 bits per heavy atom. The maximum absolute atomic E-state index is 13.0. The third-order valence-corrected chi connectivity index (χ3v) is 7.05. The lowest BCUT2D eigenvalue weighted by molar-refractivity contribution is 0.0730. The van der Waals surface area contributed by atoms with Crippen molar-refractivity contribution in [2.24, 2.45) is 0 Å². The van der Waals surface area contributed by atoms with Gasteiger partial charge in [0.05, 0.1) is 35.7 Å². The summed E-state index contributed by atoms with van der Waals surface area (Å²) in [6.45, 7) is 8.70. The Hall–Kier alpha value is -1.48. The third-order valence-electron chi connectivity index (χ3n) is 5.16. The van der Waals surface area contributed by atoms with E-state index >= 15 is 0 Å². The van der Waals surface area contributed by atoms with Crippen LogP contribution in [0, 0.1) is 0 Å². The number of hydrogen-bond acceptors (Lipinski definition) is 5. The molecule has 8 heteroatoms. The maximum atomic E-state index is 13.0. The fraction of sp³-hybridized carbons (Fsp3) is 0.650. The van der Waals surface area contributed by atoms with Crippen molar-refractivity contribution < 1.29 is 13.2 Å².